The Morgan fingerprint density at radius 2 is 2.47 bits per heavy atom. The summed E-state index contributed by atoms with van der Waals surface area (Å²) in [6.07, 6.45) is 4.13. The van der Waals surface area contributed by atoms with E-state index >= 15 is 0 Å². The van der Waals surface area contributed by atoms with Crippen LogP contribution >= 0.6 is 0 Å². The molecule has 4 heteroatoms. The van der Waals surface area contributed by atoms with Crippen molar-refractivity contribution in [1.29, 1.82) is 0 Å². The Morgan fingerprint density at radius 3 is 3.06 bits per heavy atom. The standard InChI is InChI=1S/C13H20N2O2/c1-10(4-5-12-3-2-6-17-12)15-13(16)7-11-8-14-9-11/h2-3,6,10-11,14H,4-5,7-9H2,1H3,(H,15,16). The molecule has 2 N–H and O–H groups in total. The molecule has 1 unspecified atom stereocenters. The first-order valence-corrected chi connectivity index (χ1v) is 6.26. The van der Waals surface area contributed by atoms with Crippen molar-refractivity contribution < 1.29 is 9.21 Å². The van der Waals surface area contributed by atoms with Gasteiger partial charge in [-0.05, 0) is 44.5 Å². The Labute approximate surface area is 102 Å². The highest BCUT2D eigenvalue weighted by molar-refractivity contribution is 5.76. The first kappa shape index (κ1) is 12.2. The van der Waals surface area contributed by atoms with Crippen molar-refractivity contribution in [2.24, 2.45) is 5.92 Å². The van der Waals surface area contributed by atoms with Gasteiger partial charge in [0.15, 0.2) is 0 Å². The maximum Gasteiger partial charge on any atom is 0.220 e. The second-order valence-corrected chi connectivity index (χ2v) is 4.81. The first-order valence-electron chi connectivity index (χ1n) is 6.26. The molecule has 0 spiro atoms. The van der Waals surface area contributed by atoms with Crippen molar-refractivity contribution in [3.05, 3.63) is 24.2 Å². The molecule has 1 atom stereocenters. The summed E-state index contributed by atoms with van der Waals surface area (Å²) in [5.41, 5.74) is 0. The number of furan rings is 1. The molecule has 0 aliphatic carbocycles. The Balaban J connectivity index is 1.62. The van der Waals surface area contributed by atoms with Crippen LogP contribution in [0.2, 0.25) is 0 Å². The van der Waals surface area contributed by atoms with Crippen molar-refractivity contribution in [3.8, 4) is 0 Å². The fraction of sp³-hybridized carbons (Fsp3) is 0.615. The number of nitrogens with one attached hydrogen (secondary N) is 2. The van der Waals surface area contributed by atoms with E-state index in [1.54, 1.807) is 6.26 Å². The zero-order chi connectivity index (χ0) is 12.1. The number of rotatable bonds is 6. The average Bonchev–Trinajstić information content (AvgIpc) is 2.73. The summed E-state index contributed by atoms with van der Waals surface area (Å²) in [4.78, 5) is 11.7. The molecule has 1 aromatic rings. The molecule has 0 bridgehead atoms. The van der Waals surface area contributed by atoms with E-state index in [1.165, 1.54) is 0 Å². The summed E-state index contributed by atoms with van der Waals surface area (Å²) in [5, 5.41) is 6.20. The predicted molar refractivity (Wildman–Crippen MR) is 65.6 cm³/mol. The van der Waals surface area contributed by atoms with Gasteiger partial charge in [0.25, 0.3) is 0 Å². The molecule has 1 aliphatic rings. The van der Waals surface area contributed by atoms with Crippen molar-refractivity contribution >= 4 is 5.91 Å². The molecule has 1 aromatic heterocycles. The minimum Gasteiger partial charge on any atom is -0.469 e. The van der Waals surface area contributed by atoms with Gasteiger partial charge in [0.1, 0.15) is 5.76 Å². The fourth-order valence-corrected chi connectivity index (χ4v) is 1.97. The number of hydrogen-bond donors (Lipinski definition) is 2. The summed E-state index contributed by atoms with van der Waals surface area (Å²) in [6, 6.07) is 4.07. The van der Waals surface area contributed by atoms with Crippen LogP contribution in [0.1, 0.15) is 25.5 Å². The molecule has 2 rings (SSSR count). The third-order valence-corrected chi connectivity index (χ3v) is 3.15. The molecular weight excluding hydrogens is 216 g/mol. The number of aryl methyl sites for hydroxylation is 1. The molecule has 1 saturated heterocycles. The SMILES string of the molecule is CC(CCc1ccco1)NC(=O)CC1CNC1. The van der Waals surface area contributed by atoms with Gasteiger partial charge < -0.3 is 15.1 Å². The molecular formula is C13H20N2O2. The Hall–Kier alpha value is -1.29. The molecule has 17 heavy (non-hydrogen) atoms. The first-order chi connectivity index (χ1) is 8.24. The number of amides is 1. The van der Waals surface area contributed by atoms with Crippen molar-refractivity contribution in [1.82, 2.24) is 10.6 Å². The van der Waals surface area contributed by atoms with Crippen LogP contribution < -0.4 is 10.6 Å². The van der Waals surface area contributed by atoms with E-state index in [0.717, 1.165) is 31.7 Å². The summed E-state index contributed by atoms with van der Waals surface area (Å²) >= 11 is 0. The Kier molecular flexibility index (Phi) is 4.20. The van der Waals surface area contributed by atoms with Crippen molar-refractivity contribution in [2.75, 3.05) is 13.1 Å². The van der Waals surface area contributed by atoms with Crippen LogP contribution in [-0.2, 0) is 11.2 Å². The van der Waals surface area contributed by atoms with Gasteiger partial charge in [-0.25, -0.2) is 0 Å². The highest BCUT2D eigenvalue weighted by Crippen LogP contribution is 2.09. The lowest BCUT2D eigenvalue weighted by molar-refractivity contribution is -0.123. The highest BCUT2D eigenvalue weighted by atomic mass is 16.3. The van der Waals surface area contributed by atoms with Crippen molar-refractivity contribution in [2.45, 2.75) is 32.2 Å². The van der Waals surface area contributed by atoms with Crippen LogP contribution in [0.5, 0.6) is 0 Å². The molecule has 1 aliphatic heterocycles. The normalized spacial score (nSPS) is 17.5. The maximum atomic E-state index is 11.7. The number of hydrogen-bond acceptors (Lipinski definition) is 3. The maximum absolute atomic E-state index is 11.7. The molecule has 1 fully saturated rings. The Bertz CT molecular complexity index is 344. The third kappa shape index (κ3) is 3.89. The van der Waals surface area contributed by atoms with E-state index in [2.05, 4.69) is 10.6 Å². The summed E-state index contributed by atoms with van der Waals surface area (Å²) < 4.78 is 5.26. The lowest BCUT2D eigenvalue weighted by atomic mass is 9.99. The van der Waals surface area contributed by atoms with Gasteiger partial charge in [0.05, 0.1) is 6.26 Å². The largest absolute Gasteiger partial charge is 0.469 e. The molecule has 2 heterocycles. The summed E-state index contributed by atoms with van der Waals surface area (Å²) in [7, 11) is 0. The van der Waals surface area contributed by atoms with Crippen molar-refractivity contribution in [3.63, 3.8) is 0 Å². The van der Waals surface area contributed by atoms with Gasteiger partial charge in [-0.2, -0.15) is 0 Å². The monoisotopic (exact) mass is 236 g/mol. The third-order valence-electron chi connectivity index (χ3n) is 3.15. The van der Waals surface area contributed by atoms with Gasteiger partial charge in [0.2, 0.25) is 5.91 Å². The minimum absolute atomic E-state index is 0.170. The summed E-state index contributed by atoms with van der Waals surface area (Å²) in [6.45, 7) is 4.00. The second-order valence-electron chi connectivity index (χ2n) is 4.81. The van der Waals surface area contributed by atoms with E-state index in [1.807, 2.05) is 19.1 Å². The van der Waals surface area contributed by atoms with Crippen LogP contribution in [0.4, 0.5) is 0 Å². The minimum atomic E-state index is 0.170. The second kappa shape index (κ2) is 5.87. The fourth-order valence-electron chi connectivity index (χ4n) is 1.97. The molecule has 0 radical (unpaired) electrons. The predicted octanol–water partition coefficient (Wildman–Crippen LogP) is 1.33. The molecule has 0 aromatic carbocycles. The van der Waals surface area contributed by atoms with Gasteiger partial charge in [-0.3, -0.25) is 4.79 Å². The van der Waals surface area contributed by atoms with Crippen LogP contribution in [0, 0.1) is 5.92 Å². The lowest BCUT2D eigenvalue weighted by Gasteiger charge is -2.27. The number of carbonyl (C=O) groups is 1. The lowest BCUT2D eigenvalue weighted by Crippen LogP contribution is -2.45. The van der Waals surface area contributed by atoms with Gasteiger partial charge in [-0.1, -0.05) is 0 Å². The number of carbonyl (C=O) groups excluding carboxylic acids is 1. The van der Waals surface area contributed by atoms with E-state index in [0.29, 0.717) is 12.3 Å². The highest BCUT2D eigenvalue weighted by Gasteiger charge is 2.20. The van der Waals surface area contributed by atoms with E-state index in [-0.39, 0.29) is 11.9 Å². The van der Waals surface area contributed by atoms with E-state index in [9.17, 15) is 4.79 Å². The zero-order valence-electron chi connectivity index (χ0n) is 10.2. The molecule has 94 valence electrons. The van der Waals surface area contributed by atoms with Crippen LogP contribution in [0.15, 0.2) is 22.8 Å². The average molecular weight is 236 g/mol. The van der Waals surface area contributed by atoms with Gasteiger partial charge in [-0.15, -0.1) is 0 Å². The van der Waals surface area contributed by atoms with E-state index < -0.39 is 0 Å². The zero-order valence-corrected chi connectivity index (χ0v) is 10.2. The molecule has 0 saturated carbocycles. The van der Waals surface area contributed by atoms with Gasteiger partial charge >= 0.3 is 0 Å². The van der Waals surface area contributed by atoms with Gasteiger partial charge in [0, 0.05) is 18.9 Å². The summed E-state index contributed by atoms with van der Waals surface area (Å²) in [5.74, 6) is 1.69. The quantitative estimate of drug-likeness (QED) is 0.783. The van der Waals surface area contributed by atoms with Crippen LogP contribution in [-0.4, -0.2) is 25.0 Å². The molecule has 1 amide bonds. The van der Waals surface area contributed by atoms with Crippen LogP contribution in [0.25, 0.3) is 0 Å². The topological polar surface area (TPSA) is 54.3 Å². The van der Waals surface area contributed by atoms with Crippen LogP contribution in [0.3, 0.4) is 0 Å². The molecule has 4 nitrogen and oxygen atoms in total. The Morgan fingerprint density at radius 1 is 1.65 bits per heavy atom. The van der Waals surface area contributed by atoms with E-state index in [4.69, 9.17) is 4.42 Å². The smallest absolute Gasteiger partial charge is 0.220 e.